The number of nitrogens with one attached hydrogen (secondary N) is 3. The van der Waals surface area contributed by atoms with Crippen LogP contribution in [0.1, 0.15) is 38.4 Å². The predicted molar refractivity (Wildman–Crippen MR) is 133 cm³/mol. The number of aryl methyl sites for hydroxylation is 1. The van der Waals surface area contributed by atoms with Crippen LogP contribution in [-0.4, -0.2) is 36.0 Å². The molecule has 7 nitrogen and oxygen atoms in total. The second-order valence-electron chi connectivity index (χ2n) is 7.64. The molecule has 0 aliphatic heterocycles. The van der Waals surface area contributed by atoms with Crippen LogP contribution in [0.25, 0.3) is 0 Å². The fourth-order valence-corrected chi connectivity index (χ4v) is 2.59. The summed E-state index contributed by atoms with van der Waals surface area (Å²) in [6.07, 6.45) is 0.306. The zero-order chi connectivity index (χ0) is 21.3. The van der Waals surface area contributed by atoms with Crippen molar-refractivity contribution >= 4 is 41.7 Å². The van der Waals surface area contributed by atoms with Crippen molar-refractivity contribution in [2.75, 3.05) is 18.9 Å². The van der Waals surface area contributed by atoms with Crippen molar-refractivity contribution in [3.63, 3.8) is 0 Å². The molecule has 1 amide bonds. The van der Waals surface area contributed by atoms with Crippen LogP contribution in [-0.2, 0) is 11.3 Å². The van der Waals surface area contributed by atoms with E-state index in [0.717, 1.165) is 17.0 Å². The maximum atomic E-state index is 12.1. The Morgan fingerprint density at radius 3 is 2.50 bits per heavy atom. The second kappa shape index (κ2) is 12.4. The number of carbonyl (C=O) groups excluding carboxylic acids is 1. The van der Waals surface area contributed by atoms with Gasteiger partial charge in [0.2, 0.25) is 5.91 Å². The van der Waals surface area contributed by atoms with Crippen LogP contribution in [0, 0.1) is 6.92 Å². The molecule has 1 aromatic carbocycles. The van der Waals surface area contributed by atoms with Crippen molar-refractivity contribution in [2.24, 2.45) is 4.99 Å². The van der Waals surface area contributed by atoms with Gasteiger partial charge in [-0.3, -0.25) is 9.79 Å². The number of rotatable bonds is 7. The maximum absolute atomic E-state index is 12.1. The number of aromatic nitrogens is 1. The molecule has 0 unspecified atom stereocenters. The van der Waals surface area contributed by atoms with Gasteiger partial charge in [0.05, 0.1) is 0 Å². The first-order valence-corrected chi connectivity index (χ1v) is 9.72. The fourth-order valence-electron chi connectivity index (χ4n) is 2.59. The van der Waals surface area contributed by atoms with E-state index in [1.54, 1.807) is 13.1 Å². The minimum Gasteiger partial charge on any atom is -0.488 e. The highest BCUT2D eigenvalue weighted by Gasteiger charge is 2.14. The number of amides is 1. The molecule has 0 fully saturated rings. The van der Waals surface area contributed by atoms with Crippen LogP contribution in [0.3, 0.4) is 0 Å². The summed E-state index contributed by atoms with van der Waals surface area (Å²) in [5.41, 5.74) is 1.63. The van der Waals surface area contributed by atoms with E-state index in [4.69, 9.17) is 4.74 Å². The maximum Gasteiger partial charge on any atom is 0.227 e. The highest BCUT2D eigenvalue weighted by Crippen LogP contribution is 2.22. The van der Waals surface area contributed by atoms with Gasteiger partial charge in [0.15, 0.2) is 5.96 Å². The van der Waals surface area contributed by atoms with E-state index in [0.29, 0.717) is 31.3 Å². The summed E-state index contributed by atoms with van der Waals surface area (Å²) in [5.74, 6) is 1.92. The standard InChI is InChI=1S/C22H31N5O2.HI/c1-16-9-8-12-19(26-16)27-20(28)13-14-24-21(23-5)25-15-17-10-6-7-11-18(17)29-22(2,3)4;/h6-12H,13-15H2,1-5H3,(H2,23,24,25)(H,26,27,28);1H. The molecule has 164 valence electrons. The van der Waals surface area contributed by atoms with Crippen molar-refractivity contribution in [1.82, 2.24) is 15.6 Å². The normalized spacial score (nSPS) is 11.3. The molecule has 0 aliphatic carbocycles. The Bertz CT molecular complexity index is 849. The molecule has 2 aromatic rings. The van der Waals surface area contributed by atoms with E-state index in [-0.39, 0.29) is 35.5 Å². The van der Waals surface area contributed by atoms with Crippen molar-refractivity contribution in [3.8, 4) is 5.75 Å². The Hall–Kier alpha value is -2.36. The summed E-state index contributed by atoms with van der Waals surface area (Å²) >= 11 is 0. The average molecular weight is 525 g/mol. The zero-order valence-electron chi connectivity index (χ0n) is 18.3. The van der Waals surface area contributed by atoms with E-state index in [2.05, 4.69) is 25.9 Å². The lowest BCUT2D eigenvalue weighted by Crippen LogP contribution is -2.38. The number of guanidine groups is 1. The van der Waals surface area contributed by atoms with Crippen LogP contribution in [0.15, 0.2) is 47.5 Å². The van der Waals surface area contributed by atoms with Gasteiger partial charge >= 0.3 is 0 Å². The summed E-state index contributed by atoms with van der Waals surface area (Å²) in [6, 6.07) is 13.4. The third kappa shape index (κ3) is 9.43. The van der Waals surface area contributed by atoms with Crippen molar-refractivity contribution in [1.29, 1.82) is 0 Å². The lowest BCUT2D eigenvalue weighted by molar-refractivity contribution is -0.116. The van der Waals surface area contributed by atoms with E-state index in [1.165, 1.54) is 0 Å². The van der Waals surface area contributed by atoms with Crippen LogP contribution in [0.2, 0.25) is 0 Å². The first kappa shape index (κ1) is 25.7. The quantitative estimate of drug-likeness (QED) is 0.290. The van der Waals surface area contributed by atoms with Gasteiger partial charge in [0, 0.05) is 37.8 Å². The molecule has 1 aromatic heterocycles. The number of hydrogen-bond acceptors (Lipinski definition) is 4. The zero-order valence-corrected chi connectivity index (χ0v) is 20.6. The van der Waals surface area contributed by atoms with Crippen LogP contribution in [0.5, 0.6) is 5.75 Å². The topological polar surface area (TPSA) is 87.6 Å². The number of nitrogens with zero attached hydrogens (tertiary/aromatic N) is 2. The number of pyridine rings is 1. The molecule has 3 N–H and O–H groups in total. The number of halogens is 1. The molecule has 8 heteroatoms. The molecule has 30 heavy (non-hydrogen) atoms. The van der Waals surface area contributed by atoms with Crippen molar-refractivity contribution in [3.05, 3.63) is 53.7 Å². The molecule has 0 aliphatic rings. The number of ether oxygens (including phenoxy) is 1. The minimum atomic E-state index is -0.268. The fraction of sp³-hybridized carbons (Fsp3) is 0.409. The van der Waals surface area contributed by atoms with Crippen molar-refractivity contribution < 1.29 is 9.53 Å². The first-order valence-electron chi connectivity index (χ1n) is 9.72. The molecule has 0 atom stereocenters. The Morgan fingerprint density at radius 2 is 1.83 bits per heavy atom. The number of aliphatic imine (C=N–C) groups is 1. The number of anilines is 1. The monoisotopic (exact) mass is 525 g/mol. The number of benzene rings is 1. The van der Waals surface area contributed by atoms with Gasteiger partial charge in [-0.2, -0.15) is 0 Å². The Labute approximate surface area is 196 Å². The Balaban J connectivity index is 0.00000450. The third-order valence-electron chi connectivity index (χ3n) is 3.86. The largest absolute Gasteiger partial charge is 0.488 e. The van der Waals surface area contributed by atoms with Gasteiger partial charge in [-0.1, -0.05) is 24.3 Å². The summed E-state index contributed by atoms with van der Waals surface area (Å²) in [4.78, 5) is 20.6. The molecular formula is C22H32IN5O2. The van der Waals surface area contributed by atoms with Gasteiger partial charge in [-0.15, -0.1) is 24.0 Å². The first-order chi connectivity index (χ1) is 13.8. The van der Waals surface area contributed by atoms with Crippen LogP contribution in [0.4, 0.5) is 5.82 Å². The van der Waals surface area contributed by atoms with Gasteiger partial charge < -0.3 is 20.7 Å². The van der Waals surface area contributed by atoms with Gasteiger partial charge in [-0.25, -0.2) is 4.98 Å². The molecule has 1 heterocycles. The summed E-state index contributed by atoms with van der Waals surface area (Å²) in [7, 11) is 1.70. The molecule has 0 bridgehead atoms. The van der Waals surface area contributed by atoms with Crippen molar-refractivity contribution in [2.45, 2.75) is 46.3 Å². The third-order valence-corrected chi connectivity index (χ3v) is 3.86. The molecular weight excluding hydrogens is 493 g/mol. The molecule has 0 radical (unpaired) electrons. The SMILES string of the molecule is CN=C(NCCC(=O)Nc1cccc(C)n1)NCc1ccccc1OC(C)(C)C.I. The molecule has 0 saturated carbocycles. The summed E-state index contributed by atoms with van der Waals surface area (Å²) in [6.45, 7) is 8.97. The van der Waals surface area contributed by atoms with Gasteiger partial charge in [0.25, 0.3) is 0 Å². The number of para-hydroxylation sites is 1. The van der Waals surface area contributed by atoms with E-state index in [1.807, 2.05) is 64.1 Å². The molecule has 0 spiro atoms. The Kier molecular flexibility index (Phi) is 10.6. The molecule has 2 rings (SSSR count). The van der Waals surface area contributed by atoms with Crippen LogP contribution >= 0.6 is 24.0 Å². The van der Waals surface area contributed by atoms with Gasteiger partial charge in [-0.05, 0) is 45.9 Å². The highest BCUT2D eigenvalue weighted by molar-refractivity contribution is 14.0. The lowest BCUT2D eigenvalue weighted by atomic mass is 10.1. The van der Waals surface area contributed by atoms with E-state index >= 15 is 0 Å². The lowest BCUT2D eigenvalue weighted by Gasteiger charge is -2.23. The van der Waals surface area contributed by atoms with E-state index < -0.39 is 0 Å². The number of hydrogen-bond donors (Lipinski definition) is 3. The van der Waals surface area contributed by atoms with E-state index in [9.17, 15) is 4.79 Å². The molecule has 0 saturated heterocycles. The summed E-state index contributed by atoms with van der Waals surface area (Å²) in [5, 5.41) is 9.20. The average Bonchev–Trinajstić information content (AvgIpc) is 2.64. The van der Waals surface area contributed by atoms with Crippen LogP contribution < -0.4 is 20.7 Å². The predicted octanol–water partition coefficient (Wildman–Crippen LogP) is 3.88. The second-order valence-corrected chi connectivity index (χ2v) is 7.64. The summed E-state index contributed by atoms with van der Waals surface area (Å²) < 4.78 is 6.02. The smallest absolute Gasteiger partial charge is 0.227 e. The van der Waals surface area contributed by atoms with Gasteiger partial charge in [0.1, 0.15) is 17.2 Å². The minimum absolute atomic E-state index is 0. The Morgan fingerprint density at radius 1 is 1.10 bits per heavy atom. The highest BCUT2D eigenvalue weighted by atomic mass is 127. The number of carbonyl (C=O) groups is 1.